The van der Waals surface area contributed by atoms with E-state index in [2.05, 4.69) is 27.4 Å². The van der Waals surface area contributed by atoms with Gasteiger partial charge >= 0.3 is 12.1 Å². The molecule has 1 atom stereocenters. The monoisotopic (exact) mass is 397 g/mol. The van der Waals surface area contributed by atoms with E-state index >= 15 is 0 Å². The molecule has 8 heteroatoms. The van der Waals surface area contributed by atoms with Crippen molar-refractivity contribution in [1.29, 1.82) is 0 Å². The van der Waals surface area contributed by atoms with Gasteiger partial charge in [-0.25, -0.2) is 9.59 Å². The molecule has 1 aliphatic rings. The minimum absolute atomic E-state index is 0.180. The first-order valence-electron chi connectivity index (χ1n) is 9.69. The quantitative estimate of drug-likeness (QED) is 0.724. The van der Waals surface area contributed by atoms with E-state index in [-0.39, 0.29) is 18.2 Å². The van der Waals surface area contributed by atoms with E-state index in [0.717, 1.165) is 16.5 Å². The Morgan fingerprint density at radius 3 is 2.59 bits per heavy atom. The standard InChI is InChI=1S/C21H27N5O3/c1-15(5-6-16-7-8-18-17(13-16)14-22-24-18)23-19(27)25-9-11-26(12-10-25)20(28)29-21(2,3)4/h7-8,13-15H,9-12H2,1-4H3,(H,22,24)(H,23,27). The largest absolute Gasteiger partial charge is 0.444 e. The molecule has 0 spiro atoms. The van der Waals surface area contributed by atoms with Crippen molar-refractivity contribution in [2.24, 2.45) is 0 Å². The number of nitrogens with one attached hydrogen (secondary N) is 2. The summed E-state index contributed by atoms with van der Waals surface area (Å²) in [5.41, 5.74) is 1.30. The van der Waals surface area contributed by atoms with Crippen molar-refractivity contribution in [2.75, 3.05) is 26.2 Å². The van der Waals surface area contributed by atoms with E-state index < -0.39 is 5.60 Å². The summed E-state index contributed by atoms with van der Waals surface area (Å²) in [5, 5.41) is 10.8. The fourth-order valence-electron chi connectivity index (χ4n) is 2.94. The van der Waals surface area contributed by atoms with Crippen molar-refractivity contribution < 1.29 is 14.3 Å². The fraction of sp³-hybridized carbons (Fsp3) is 0.476. The van der Waals surface area contributed by atoms with Gasteiger partial charge in [0.25, 0.3) is 0 Å². The van der Waals surface area contributed by atoms with Gasteiger partial charge in [0.2, 0.25) is 0 Å². The highest BCUT2D eigenvalue weighted by molar-refractivity contribution is 5.79. The summed E-state index contributed by atoms with van der Waals surface area (Å²) < 4.78 is 5.38. The Morgan fingerprint density at radius 2 is 1.90 bits per heavy atom. The molecule has 1 saturated heterocycles. The third-order valence-electron chi connectivity index (χ3n) is 4.43. The number of ether oxygens (including phenoxy) is 1. The number of H-pyrrole nitrogens is 1. The second-order valence-corrected chi connectivity index (χ2v) is 8.07. The van der Waals surface area contributed by atoms with Gasteiger partial charge in [0, 0.05) is 37.1 Å². The zero-order chi connectivity index (χ0) is 21.0. The molecule has 3 amide bonds. The van der Waals surface area contributed by atoms with E-state index in [1.165, 1.54) is 0 Å². The Morgan fingerprint density at radius 1 is 1.21 bits per heavy atom. The van der Waals surface area contributed by atoms with E-state index in [9.17, 15) is 9.59 Å². The van der Waals surface area contributed by atoms with E-state index in [1.807, 2.05) is 45.9 Å². The second kappa shape index (κ2) is 8.43. The number of nitrogens with zero attached hydrogens (tertiary/aromatic N) is 3. The van der Waals surface area contributed by atoms with Crippen LogP contribution in [0.15, 0.2) is 24.4 Å². The van der Waals surface area contributed by atoms with Crippen LogP contribution in [-0.2, 0) is 4.74 Å². The first-order chi connectivity index (χ1) is 13.7. The lowest BCUT2D eigenvalue weighted by atomic mass is 10.1. The fourth-order valence-corrected chi connectivity index (χ4v) is 2.94. The highest BCUT2D eigenvalue weighted by atomic mass is 16.6. The Balaban J connectivity index is 1.49. The molecule has 1 fully saturated rings. The zero-order valence-electron chi connectivity index (χ0n) is 17.3. The van der Waals surface area contributed by atoms with Gasteiger partial charge in [-0.2, -0.15) is 5.10 Å². The molecule has 0 bridgehead atoms. The lowest BCUT2D eigenvalue weighted by Crippen LogP contribution is -2.54. The number of rotatable bonds is 1. The third kappa shape index (κ3) is 5.64. The SMILES string of the molecule is CC(C#Cc1ccc2[nH]ncc2c1)NC(=O)N1CCN(C(=O)OC(C)(C)C)CC1. The Bertz CT molecular complexity index is 942. The van der Waals surface area contributed by atoms with Crippen molar-refractivity contribution in [2.45, 2.75) is 39.3 Å². The first-order valence-corrected chi connectivity index (χ1v) is 9.69. The number of carbonyl (C=O) groups is 2. The number of aromatic amines is 1. The van der Waals surface area contributed by atoms with Crippen LogP contribution in [0.4, 0.5) is 9.59 Å². The molecule has 154 valence electrons. The second-order valence-electron chi connectivity index (χ2n) is 8.07. The Kier molecular flexibility index (Phi) is 5.97. The molecule has 0 saturated carbocycles. The molecule has 29 heavy (non-hydrogen) atoms. The van der Waals surface area contributed by atoms with E-state index in [4.69, 9.17) is 4.74 Å². The van der Waals surface area contributed by atoms with E-state index in [0.29, 0.717) is 26.2 Å². The van der Waals surface area contributed by atoms with Crippen LogP contribution in [0, 0.1) is 11.8 Å². The number of aromatic nitrogens is 2. The smallest absolute Gasteiger partial charge is 0.410 e. The maximum absolute atomic E-state index is 12.5. The van der Waals surface area contributed by atoms with Gasteiger partial charge in [-0.3, -0.25) is 5.10 Å². The summed E-state index contributed by atoms with van der Waals surface area (Å²) >= 11 is 0. The van der Waals surface area contributed by atoms with Crippen molar-refractivity contribution >= 4 is 23.0 Å². The molecule has 0 aliphatic carbocycles. The van der Waals surface area contributed by atoms with Crippen LogP contribution in [-0.4, -0.2) is 69.9 Å². The molecule has 1 aromatic carbocycles. The average molecular weight is 397 g/mol. The average Bonchev–Trinajstić information content (AvgIpc) is 3.13. The molecule has 2 N–H and O–H groups in total. The number of fused-ring (bicyclic) bond motifs is 1. The first kappa shape index (κ1) is 20.5. The number of piperazine rings is 1. The maximum Gasteiger partial charge on any atom is 0.410 e. The minimum Gasteiger partial charge on any atom is -0.444 e. The summed E-state index contributed by atoms with van der Waals surface area (Å²) in [5.74, 6) is 6.14. The Labute approximate surface area is 170 Å². The molecular weight excluding hydrogens is 370 g/mol. The predicted octanol–water partition coefficient (Wildman–Crippen LogP) is 2.57. The summed E-state index contributed by atoms with van der Waals surface area (Å²) in [7, 11) is 0. The van der Waals surface area contributed by atoms with Crippen LogP contribution < -0.4 is 5.32 Å². The molecule has 0 radical (unpaired) electrons. The van der Waals surface area contributed by atoms with Gasteiger partial charge < -0.3 is 19.9 Å². The number of hydrogen-bond donors (Lipinski definition) is 2. The van der Waals surface area contributed by atoms with Gasteiger partial charge in [0.15, 0.2) is 0 Å². The third-order valence-corrected chi connectivity index (χ3v) is 4.43. The van der Waals surface area contributed by atoms with Gasteiger partial charge in [-0.1, -0.05) is 11.8 Å². The van der Waals surface area contributed by atoms with Crippen molar-refractivity contribution in [3.8, 4) is 11.8 Å². The molecule has 8 nitrogen and oxygen atoms in total. The maximum atomic E-state index is 12.5. The van der Waals surface area contributed by atoms with Gasteiger partial charge in [0.1, 0.15) is 5.60 Å². The highest BCUT2D eigenvalue weighted by Gasteiger charge is 2.27. The van der Waals surface area contributed by atoms with Crippen LogP contribution in [0.3, 0.4) is 0 Å². The van der Waals surface area contributed by atoms with Gasteiger partial charge in [-0.15, -0.1) is 0 Å². The molecule has 1 aliphatic heterocycles. The minimum atomic E-state index is -0.526. The lowest BCUT2D eigenvalue weighted by Gasteiger charge is -2.35. The van der Waals surface area contributed by atoms with Crippen LogP contribution in [0.1, 0.15) is 33.3 Å². The molecule has 1 aromatic heterocycles. The predicted molar refractivity (Wildman–Crippen MR) is 110 cm³/mol. The lowest BCUT2D eigenvalue weighted by molar-refractivity contribution is 0.0169. The molecular formula is C21H27N5O3. The molecule has 2 aromatic rings. The normalized spacial score (nSPS) is 15.4. The summed E-state index contributed by atoms with van der Waals surface area (Å²) in [4.78, 5) is 27.9. The highest BCUT2D eigenvalue weighted by Crippen LogP contribution is 2.13. The van der Waals surface area contributed by atoms with E-state index in [1.54, 1.807) is 16.0 Å². The summed E-state index contributed by atoms with van der Waals surface area (Å²) in [6, 6.07) is 5.32. The Hall–Kier alpha value is -3.21. The summed E-state index contributed by atoms with van der Waals surface area (Å²) in [6.07, 6.45) is 1.41. The number of hydrogen-bond acceptors (Lipinski definition) is 4. The number of carbonyl (C=O) groups excluding carboxylic acids is 2. The number of benzene rings is 1. The van der Waals surface area contributed by atoms with Crippen LogP contribution in [0.25, 0.3) is 10.9 Å². The topological polar surface area (TPSA) is 90.6 Å². The molecule has 1 unspecified atom stereocenters. The number of amides is 3. The number of urea groups is 1. The van der Waals surface area contributed by atoms with Crippen LogP contribution in [0.5, 0.6) is 0 Å². The summed E-state index contributed by atoms with van der Waals surface area (Å²) in [6.45, 7) is 9.18. The molecule has 2 heterocycles. The molecule has 3 rings (SSSR count). The van der Waals surface area contributed by atoms with Crippen LogP contribution in [0.2, 0.25) is 0 Å². The van der Waals surface area contributed by atoms with Crippen LogP contribution >= 0.6 is 0 Å². The van der Waals surface area contributed by atoms with Crippen molar-refractivity contribution in [3.05, 3.63) is 30.0 Å². The van der Waals surface area contributed by atoms with Gasteiger partial charge in [0.05, 0.1) is 17.8 Å². The zero-order valence-corrected chi connectivity index (χ0v) is 17.3. The van der Waals surface area contributed by atoms with Crippen molar-refractivity contribution in [3.63, 3.8) is 0 Å². The van der Waals surface area contributed by atoms with Crippen molar-refractivity contribution in [1.82, 2.24) is 25.3 Å². The van der Waals surface area contributed by atoms with Gasteiger partial charge in [-0.05, 0) is 45.9 Å².